The van der Waals surface area contributed by atoms with Crippen molar-refractivity contribution in [1.29, 1.82) is 0 Å². The van der Waals surface area contributed by atoms with Gasteiger partial charge in [-0.15, -0.1) is 0 Å². The molecule has 0 atom stereocenters. The Bertz CT molecular complexity index is 914. The Kier molecular flexibility index (Phi) is 4.49. The SMILES string of the molecule is COc1ccc(C)cc1NC(=O)Cc1coc2cc(C)c(Cl)cc12. The number of halogens is 1. The number of methoxy groups -OCH3 is 1. The van der Waals surface area contributed by atoms with Gasteiger partial charge in [-0.1, -0.05) is 17.7 Å². The third-order valence-corrected chi connectivity index (χ3v) is 4.32. The molecule has 3 rings (SSSR count). The van der Waals surface area contributed by atoms with Crippen molar-refractivity contribution in [3.8, 4) is 5.75 Å². The van der Waals surface area contributed by atoms with Crippen LogP contribution in [0.2, 0.25) is 5.02 Å². The van der Waals surface area contributed by atoms with E-state index in [2.05, 4.69) is 5.32 Å². The summed E-state index contributed by atoms with van der Waals surface area (Å²) < 4.78 is 10.8. The molecular formula is C19H18ClNO3. The minimum Gasteiger partial charge on any atom is -0.495 e. The molecule has 1 N–H and O–H groups in total. The fraction of sp³-hybridized carbons (Fsp3) is 0.211. The summed E-state index contributed by atoms with van der Waals surface area (Å²) in [5.41, 5.74) is 4.18. The van der Waals surface area contributed by atoms with Crippen LogP contribution in [0.15, 0.2) is 41.0 Å². The van der Waals surface area contributed by atoms with Crippen LogP contribution in [0.3, 0.4) is 0 Å². The second kappa shape index (κ2) is 6.57. The number of anilines is 1. The van der Waals surface area contributed by atoms with Crippen molar-refractivity contribution in [1.82, 2.24) is 0 Å². The molecule has 0 aliphatic rings. The molecule has 3 aromatic rings. The topological polar surface area (TPSA) is 51.5 Å². The van der Waals surface area contributed by atoms with E-state index in [1.165, 1.54) is 0 Å². The van der Waals surface area contributed by atoms with Gasteiger partial charge < -0.3 is 14.5 Å². The summed E-state index contributed by atoms with van der Waals surface area (Å²) in [6.45, 7) is 3.88. The number of furan rings is 1. The number of aryl methyl sites for hydroxylation is 2. The Hall–Kier alpha value is -2.46. The van der Waals surface area contributed by atoms with Gasteiger partial charge in [0, 0.05) is 16.0 Å². The van der Waals surface area contributed by atoms with Crippen molar-refractivity contribution in [3.05, 3.63) is 58.3 Å². The molecule has 0 radical (unpaired) electrons. The molecule has 1 heterocycles. The molecule has 0 unspecified atom stereocenters. The van der Waals surface area contributed by atoms with Crippen LogP contribution in [-0.2, 0) is 11.2 Å². The van der Waals surface area contributed by atoms with Crippen LogP contribution in [0.4, 0.5) is 5.69 Å². The first kappa shape index (κ1) is 16.4. The number of rotatable bonds is 4. The highest BCUT2D eigenvalue weighted by atomic mass is 35.5. The zero-order chi connectivity index (χ0) is 17.3. The molecule has 124 valence electrons. The van der Waals surface area contributed by atoms with Gasteiger partial charge in [0.05, 0.1) is 25.5 Å². The average molecular weight is 344 g/mol. The van der Waals surface area contributed by atoms with Gasteiger partial charge in [-0.2, -0.15) is 0 Å². The number of carbonyl (C=O) groups is 1. The lowest BCUT2D eigenvalue weighted by molar-refractivity contribution is -0.115. The van der Waals surface area contributed by atoms with Crippen LogP contribution in [0.1, 0.15) is 16.7 Å². The Labute approximate surface area is 145 Å². The molecule has 0 saturated carbocycles. The predicted octanol–water partition coefficient (Wildman–Crippen LogP) is 4.89. The predicted molar refractivity (Wildman–Crippen MR) is 96.0 cm³/mol. The molecule has 0 aliphatic heterocycles. The Balaban J connectivity index is 1.83. The van der Waals surface area contributed by atoms with E-state index in [4.69, 9.17) is 20.8 Å². The maximum atomic E-state index is 12.4. The van der Waals surface area contributed by atoms with E-state index in [1.807, 2.05) is 44.2 Å². The molecular weight excluding hydrogens is 326 g/mol. The van der Waals surface area contributed by atoms with E-state index in [0.29, 0.717) is 16.5 Å². The quantitative estimate of drug-likeness (QED) is 0.733. The number of ether oxygens (including phenoxy) is 1. The highest BCUT2D eigenvalue weighted by molar-refractivity contribution is 6.32. The van der Waals surface area contributed by atoms with Crippen molar-refractivity contribution in [2.45, 2.75) is 20.3 Å². The first-order valence-corrected chi connectivity index (χ1v) is 7.96. The van der Waals surface area contributed by atoms with Gasteiger partial charge in [-0.25, -0.2) is 0 Å². The lowest BCUT2D eigenvalue weighted by Crippen LogP contribution is -2.15. The van der Waals surface area contributed by atoms with Crippen LogP contribution >= 0.6 is 11.6 Å². The van der Waals surface area contributed by atoms with Crippen LogP contribution in [0, 0.1) is 13.8 Å². The van der Waals surface area contributed by atoms with Crippen LogP contribution in [0.25, 0.3) is 11.0 Å². The molecule has 1 amide bonds. The zero-order valence-electron chi connectivity index (χ0n) is 13.8. The van der Waals surface area contributed by atoms with E-state index < -0.39 is 0 Å². The summed E-state index contributed by atoms with van der Waals surface area (Å²) in [5.74, 6) is 0.489. The molecule has 5 heteroatoms. The van der Waals surface area contributed by atoms with Gasteiger partial charge in [0.1, 0.15) is 11.3 Å². The molecule has 0 fully saturated rings. The van der Waals surface area contributed by atoms with Crippen molar-refractivity contribution in [2.75, 3.05) is 12.4 Å². The summed E-state index contributed by atoms with van der Waals surface area (Å²) >= 11 is 6.18. The van der Waals surface area contributed by atoms with Gasteiger partial charge in [-0.05, 0) is 49.2 Å². The molecule has 4 nitrogen and oxygen atoms in total. The first-order chi connectivity index (χ1) is 11.5. The summed E-state index contributed by atoms with van der Waals surface area (Å²) in [7, 11) is 1.58. The summed E-state index contributed by atoms with van der Waals surface area (Å²) in [5, 5.41) is 4.41. The summed E-state index contributed by atoms with van der Waals surface area (Å²) in [6, 6.07) is 9.36. The second-order valence-electron chi connectivity index (χ2n) is 5.79. The Morgan fingerprint density at radius 1 is 1.25 bits per heavy atom. The number of nitrogens with one attached hydrogen (secondary N) is 1. The van der Waals surface area contributed by atoms with Crippen molar-refractivity contribution in [2.24, 2.45) is 0 Å². The molecule has 0 bridgehead atoms. The van der Waals surface area contributed by atoms with E-state index in [-0.39, 0.29) is 12.3 Å². The van der Waals surface area contributed by atoms with Crippen LogP contribution in [-0.4, -0.2) is 13.0 Å². The lowest BCUT2D eigenvalue weighted by Gasteiger charge is -2.10. The largest absolute Gasteiger partial charge is 0.495 e. The standard InChI is InChI=1S/C19H18ClNO3/c1-11-4-5-17(23-3)16(6-11)21-19(22)8-13-10-24-18-7-12(2)15(20)9-14(13)18/h4-7,9-10H,8H2,1-3H3,(H,21,22). The maximum Gasteiger partial charge on any atom is 0.229 e. The van der Waals surface area contributed by atoms with Gasteiger partial charge >= 0.3 is 0 Å². The van der Waals surface area contributed by atoms with Crippen molar-refractivity contribution in [3.63, 3.8) is 0 Å². The number of amides is 1. The third kappa shape index (κ3) is 3.24. The molecule has 1 aromatic heterocycles. The second-order valence-corrected chi connectivity index (χ2v) is 6.19. The summed E-state index contributed by atoms with van der Waals surface area (Å²) in [6.07, 6.45) is 1.80. The fourth-order valence-electron chi connectivity index (χ4n) is 2.63. The van der Waals surface area contributed by atoms with E-state index in [1.54, 1.807) is 13.4 Å². The fourth-order valence-corrected chi connectivity index (χ4v) is 2.79. The Morgan fingerprint density at radius 2 is 2.04 bits per heavy atom. The normalized spacial score (nSPS) is 10.8. The number of fused-ring (bicyclic) bond motifs is 1. The minimum atomic E-state index is -0.140. The smallest absolute Gasteiger partial charge is 0.229 e. The Morgan fingerprint density at radius 3 is 2.79 bits per heavy atom. The van der Waals surface area contributed by atoms with Gasteiger partial charge in [0.2, 0.25) is 5.91 Å². The van der Waals surface area contributed by atoms with Crippen molar-refractivity contribution < 1.29 is 13.9 Å². The van der Waals surface area contributed by atoms with Gasteiger partial charge in [0.15, 0.2) is 0 Å². The summed E-state index contributed by atoms with van der Waals surface area (Å²) in [4.78, 5) is 12.4. The zero-order valence-corrected chi connectivity index (χ0v) is 14.5. The van der Waals surface area contributed by atoms with E-state index in [0.717, 1.165) is 27.7 Å². The minimum absolute atomic E-state index is 0.140. The monoisotopic (exact) mass is 343 g/mol. The van der Waals surface area contributed by atoms with Crippen LogP contribution < -0.4 is 10.1 Å². The number of hydrogen-bond acceptors (Lipinski definition) is 3. The molecule has 2 aromatic carbocycles. The molecule has 0 saturated heterocycles. The van der Waals surface area contributed by atoms with E-state index >= 15 is 0 Å². The lowest BCUT2D eigenvalue weighted by atomic mass is 10.1. The van der Waals surface area contributed by atoms with Gasteiger partial charge in [-0.3, -0.25) is 4.79 Å². The highest BCUT2D eigenvalue weighted by Crippen LogP contribution is 2.29. The van der Waals surface area contributed by atoms with Crippen molar-refractivity contribution >= 4 is 34.2 Å². The van der Waals surface area contributed by atoms with Crippen LogP contribution in [0.5, 0.6) is 5.75 Å². The maximum absolute atomic E-state index is 12.4. The number of carbonyl (C=O) groups excluding carboxylic acids is 1. The third-order valence-electron chi connectivity index (χ3n) is 3.92. The molecule has 0 spiro atoms. The number of benzene rings is 2. The highest BCUT2D eigenvalue weighted by Gasteiger charge is 2.14. The average Bonchev–Trinajstić information content (AvgIpc) is 2.90. The van der Waals surface area contributed by atoms with Gasteiger partial charge in [0.25, 0.3) is 0 Å². The molecule has 24 heavy (non-hydrogen) atoms. The number of hydrogen-bond donors (Lipinski definition) is 1. The first-order valence-electron chi connectivity index (χ1n) is 7.58. The van der Waals surface area contributed by atoms with E-state index in [9.17, 15) is 4.79 Å². The molecule has 0 aliphatic carbocycles.